The van der Waals surface area contributed by atoms with E-state index in [0.29, 0.717) is 0 Å². The molecule has 0 aliphatic heterocycles. The molecular formula is C9H15I2Sb. The summed E-state index contributed by atoms with van der Waals surface area (Å²) >= 11 is 5.14. The first-order valence-corrected chi connectivity index (χ1v) is 22.3. The van der Waals surface area contributed by atoms with E-state index in [1.807, 2.05) is 0 Å². The third-order valence-corrected chi connectivity index (χ3v) is 46.6. The minimum absolute atomic E-state index is 1.27. The summed E-state index contributed by atoms with van der Waals surface area (Å²) in [5.74, 6) is 0. The Morgan fingerprint density at radius 2 is 1.00 bits per heavy atom. The second-order valence-electron chi connectivity index (χ2n) is 3.11. The molecule has 0 spiro atoms. The molecule has 0 aromatic carbocycles. The Balaban J connectivity index is 5.56. The Labute approximate surface area is 95.8 Å². The Morgan fingerprint density at radius 3 is 1.00 bits per heavy atom. The molecule has 0 heterocycles. The van der Waals surface area contributed by atoms with Gasteiger partial charge in [0.1, 0.15) is 0 Å². The van der Waals surface area contributed by atoms with Gasteiger partial charge in [0, 0.05) is 0 Å². The number of halogens is 2. The topological polar surface area (TPSA) is 0 Å². The predicted octanol–water partition coefficient (Wildman–Crippen LogP) is 4.60. The molecule has 0 radical (unpaired) electrons. The molecule has 0 atom stereocenters. The van der Waals surface area contributed by atoms with E-state index >= 15 is 0 Å². The average Bonchev–Trinajstić information content (AvgIpc) is 1.86. The number of allylic oxidation sites excluding steroid dienone is 3. The molecule has 0 aromatic rings. The van der Waals surface area contributed by atoms with Crippen molar-refractivity contribution in [3.05, 3.63) is 30.3 Å². The van der Waals surface area contributed by atoms with Gasteiger partial charge in [-0.25, -0.2) is 0 Å². The summed E-state index contributed by atoms with van der Waals surface area (Å²) in [5, 5.41) is 0. The molecule has 0 saturated heterocycles. The summed E-state index contributed by atoms with van der Waals surface area (Å²) in [6.07, 6.45) is 0. The van der Waals surface area contributed by atoms with Crippen molar-refractivity contribution in [1.29, 1.82) is 0 Å². The van der Waals surface area contributed by atoms with Crippen molar-refractivity contribution in [2.75, 3.05) is 0 Å². The summed E-state index contributed by atoms with van der Waals surface area (Å²) in [7, 11) is -2.93. The van der Waals surface area contributed by atoms with Crippen LogP contribution in [-0.2, 0) is 0 Å². The zero-order valence-electron chi connectivity index (χ0n) is 7.82. The molecule has 0 aliphatic carbocycles. The van der Waals surface area contributed by atoms with Gasteiger partial charge in [-0.2, -0.15) is 0 Å². The zero-order valence-corrected chi connectivity index (χ0v) is 14.7. The summed E-state index contributed by atoms with van der Waals surface area (Å²) in [6, 6.07) is 0. The van der Waals surface area contributed by atoms with Gasteiger partial charge in [0.05, 0.1) is 0 Å². The quantitative estimate of drug-likeness (QED) is 0.394. The Morgan fingerprint density at radius 1 is 0.833 bits per heavy atom. The van der Waals surface area contributed by atoms with Crippen LogP contribution in [0.5, 0.6) is 0 Å². The van der Waals surface area contributed by atoms with Gasteiger partial charge in [-0.1, -0.05) is 0 Å². The van der Waals surface area contributed by atoms with Crippen LogP contribution >= 0.6 is 37.0 Å². The monoisotopic (exact) mass is 498 g/mol. The molecule has 3 heteroatoms. The molecule has 0 unspecified atom stereocenters. The van der Waals surface area contributed by atoms with Gasteiger partial charge in [0.25, 0.3) is 0 Å². The fraction of sp³-hybridized carbons (Fsp3) is 0.333. The number of hydrogen-bond donors (Lipinski definition) is 0. The van der Waals surface area contributed by atoms with Crippen molar-refractivity contribution in [1.82, 2.24) is 0 Å². The average molecular weight is 499 g/mol. The Kier molecular flexibility index (Phi) is 4.42. The van der Waals surface area contributed by atoms with E-state index in [-0.39, 0.29) is 0 Å². The van der Waals surface area contributed by atoms with Gasteiger partial charge in [-0.05, 0) is 0 Å². The number of hydrogen-bond acceptors (Lipinski definition) is 0. The van der Waals surface area contributed by atoms with E-state index in [1.54, 1.807) is 0 Å². The first kappa shape index (κ1) is 13.5. The minimum atomic E-state index is -2.93. The van der Waals surface area contributed by atoms with E-state index in [0.717, 1.165) is 0 Å². The summed E-state index contributed by atoms with van der Waals surface area (Å²) in [4.78, 5) is 0. The molecule has 0 nitrogen and oxygen atoms in total. The van der Waals surface area contributed by atoms with Crippen LogP contribution in [0.25, 0.3) is 0 Å². The van der Waals surface area contributed by atoms with E-state index in [2.05, 4.69) is 77.5 Å². The van der Waals surface area contributed by atoms with Crippen molar-refractivity contribution < 1.29 is 0 Å². The van der Waals surface area contributed by atoms with Gasteiger partial charge >= 0.3 is 97.4 Å². The molecule has 0 saturated carbocycles. The molecular weight excluding hydrogens is 484 g/mol. The van der Waals surface area contributed by atoms with Crippen molar-refractivity contribution in [2.45, 2.75) is 20.8 Å². The van der Waals surface area contributed by atoms with Crippen LogP contribution in [0.4, 0.5) is 0 Å². The van der Waals surface area contributed by atoms with Crippen molar-refractivity contribution in [2.24, 2.45) is 0 Å². The SMILES string of the molecule is C=[C](C)[Sb]([I])([I])([C](=C)C)[C](=C)C. The molecule has 70 valence electrons. The first-order chi connectivity index (χ1) is 5.13. The summed E-state index contributed by atoms with van der Waals surface area (Å²) < 4.78 is 3.80. The molecule has 0 amide bonds. The maximum atomic E-state index is 4.09. The Bertz CT molecular complexity index is 221. The standard InChI is InChI=1S/3C3H5.2HI.Sb/c3*1-3-2;;;/h3*1H2,2H3;2*1H;/q;;;;;+2/p-2. The van der Waals surface area contributed by atoms with Crippen molar-refractivity contribution >= 4 is 46.4 Å². The van der Waals surface area contributed by atoms with Crippen LogP contribution in [0.1, 0.15) is 20.8 Å². The molecule has 0 rings (SSSR count). The predicted molar refractivity (Wildman–Crippen MR) is 78.2 cm³/mol. The van der Waals surface area contributed by atoms with Gasteiger partial charge < -0.3 is 0 Å². The second kappa shape index (κ2) is 3.93. The van der Waals surface area contributed by atoms with Crippen LogP contribution in [0.15, 0.2) is 30.3 Å². The fourth-order valence-electron chi connectivity index (χ4n) is 0.977. The van der Waals surface area contributed by atoms with Crippen LogP contribution < -0.4 is 0 Å². The van der Waals surface area contributed by atoms with Gasteiger partial charge in [-0.15, -0.1) is 0 Å². The normalized spacial score (nSPS) is 14.6. The van der Waals surface area contributed by atoms with Crippen LogP contribution in [0, 0.1) is 0 Å². The fourth-order valence-corrected chi connectivity index (χ4v) is 6.56. The van der Waals surface area contributed by atoms with Crippen LogP contribution in [0.3, 0.4) is 0 Å². The van der Waals surface area contributed by atoms with Crippen molar-refractivity contribution in [3.8, 4) is 0 Å². The first-order valence-electron chi connectivity index (χ1n) is 3.57. The van der Waals surface area contributed by atoms with Crippen LogP contribution in [0.2, 0.25) is 0 Å². The molecule has 0 N–H and O–H groups in total. The Hall–Kier alpha value is 1.50. The third-order valence-electron chi connectivity index (χ3n) is 2.01. The van der Waals surface area contributed by atoms with Gasteiger partial charge in [-0.3, -0.25) is 0 Å². The van der Waals surface area contributed by atoms with E-state index in [9.17, 15) is 0 Å². The van der Waals surface area contributed by atoms with Crippen LogP contribution in [-0.4, -0.2) is 9.36 Å². The second-order valence-corrected chi connectivity index (χ2v) is 53.1. The third kappa shape index (κ3) is 1.95. The van der Waals surface area contributed by atoms with E-state index in [4.69, 9.17) is 0 Å². The molecule has 0 aromatic heterocycles. The molecule has 0 aliphatic rings. The van der Waals surface area contributed by atoms with E-state index in [1.165, 1.54) is 10.6 Å². The van der Waals surface area contributed by atoms with Crippen molar-refractivity contribution in [3.63, 3.8) is 0 Å². The number of rotatable bonds is 3. The molecule has 0 bridgehead atoms. The zero-order chi connectivity index (χ0) is 10.2. The summed E-state index contributed by atoms with van der Waals surface area (Å²) in [6.45, 7) is 18.6. The van der Waals surface area contributed by atoms with Gasteiger partial charge in [0.15, 0.2) is 0 Å². The summed E-state index contributed by atoms with van der Waals surface area (Å²) in [5.41, 5.74) is 0. The van der Waals surface area contributed by atoms with Gasteiger partial charge in [0.2, 0.25) is 0 Å². The maximum absolute atomic E-state index is 4.09. The molecule has 12 heavy (non-hydrogen) atoms. The van der Waals surface area contributed by atoms with E-state index < -0.39 is 9.36 Å². The molecule has 0 fully saturated rings.